The lowest BCUT2D eigenvalue weighted by atomic mass is 9.71. The van der Waals surface area contributed by atoms with Crippen LogP contribution in [0, 0.1) is 5.41 Å². The smallest absolute Gasteiger partial charge is 0.220 e. The maximum absolute atomic E-state index is 12.1. The van der Waals surface area contributed by atoms with Crippen LogP contribution in [0.4, 0.5) is 0 Å². The van der Waals surface area contributed by atoms with Crippen molar-refractivity contribution in [3.8, 4) is 0 Å². The topological polar surface area (TPSA) is 64.4 Å². The molecule has 1 aliphatic rings. The first-order valence-electron chi connectivity index (χ1n) is 9.33. The third-order valence-corrected chi connectivity index (χ3v) is 5.05. The van der Waals surface area contributed by atoms with Gasteiger partial charge in [-0.15, -0.1) is 12.4 Å². The molecule has 3 N–H and O–H groups in total. The van der Waals surface area contributed by atoms with Crippen molar-refractivity contribution in [2.75, 3.05) is 26.3 Å². The molecular weight excluding hydrogens is 336 g/mol. The summed E-state index contributed by atoms with van der Waals surface area (Å²) in [5.74, 6) is 0.145. The lowest BCUT2D eigenvalue weighted by molar-refractivity contribution is -0.123. The van der Waals surface area contributed by atoms with E-state index in [1.807, 2.05) is 18.2 Å². The molecule has 0 atom stereocenters. The van der Waals surface area contributed by atoms with Gasteiger partial charge in [-0.2, -0.15) is 0 Å². The summed E-state index contributed by atoms with van der Waals surface area (Å²) in [5, 5.41) is 3.02. The SMILES string of the molecule is Cl.NCC1(CC(=O)NCCCOCCc2ccccc2)CCCCC1. The second-order valence-electron chi connectivity index (χ2n) is 6.99. The van der Waals surface area contributed by atoms with E-state index in [0.29, 0.717) is 26.1 Å². The molecule has 2 rings (SSSR count). The molecule has 0 aliphatic heterocycles. The molecule has 0 heterocycles. The highest BCUT2D eigenvalue weighted by atomic mass is 35.5. The molecule has 1 fully saturated rings. The van der Waals surface area contributed by atoms with Crippen LogP contribution in [0.5, 0.6) is 0 Å². The first-order valence-corrected chi connectivity index (χ1v) is 9.33. The Morgan fingerprint density at radius 3 is 2.52 bits per heavy atom. The van der Waals surface area contributed by atoms with Crippen LogP contribution in [-0.2, 0) is 16.0 Å². The maximum Gasteiger partial charge on any atom is 0.220 e. The number of nitrogens with one attached hydrogen (secondary N) is 1. The highest BCUT2D eigenvalue weighted by Crippen LogP contribution is 2.38. The minimum atomic E-state index is 0. The zero-order valence-corrected chi connectivity index (χ0v) is 16.0. The van der Waals surface area contributed by atoms with E-state index in [9.17, 15) is 4.79 Å². The molecule has 1 aromatic carbocycles. The molecule has 0 aromatic heterocycles. The van der Waals surface area contributed by atoms with Crippen molar-refractivity contribution in [1.29, 1.82) is 0 Å². The Balaban J connectivity index is 0.00000312. The number of ether oxygens (including phenoxy) is 1. The normalized spacial score (nSPS) is 16.0. The van der Waals surface area contributed by atoms with Gasteiger partial charge in [-0.05, 0) is 43.2 Å². The highest BCUT2D eigenvalue weighted by molar-refractivity contribution is 5.85. The standard InChI is InChI=1S/C20H32N2O2.ClH/c21-17-20(11-5-2-6-12-20)16-19(23)22-13-7-14-24-15-10-18-8-3-1-4-9-18;/h1,3-4,8-9H,2,5-7,10-17,21H2,(H,22,23);1H. The lowest BCUT2D eigenvalue weighted by Crippen LogP contribution is -2.39. The molecule has 1 aromatic rings. The molecule has 0 bridgehead atoms. The van der Waals surface area contributed by atoms with Crippen LogP contribution in [0.25, 0.3) is 0 Å². The molecule has 142 valence electrons. The van der Waals surface area contributed by atoms with E-state index in [0.717, 1.165) is 32.3 Å². The van der Waals surface area contributed by atoms with Gasteiger partial charge in [-0.3, -0.25) is 4.79 Å². The van der Waals surface area contributed by atoms with Crippen molar-refractivity contribution in [2.45, 2.75) is 51.4 Å². The van der Waals surface area contributed by atoms with Crippen LogP contribution < -0.4 is 11.1 Å². The summed E-state index contributed by atoms with van der Waals surface area (Å²) in [5.41, 5.74) is 7.29. The molecule has 1 aliphatic carbocycles. The van der Waals surface area contributed by atoms with Gasteiger partial charge in [-0.25, -0.2) is 0 Å². The average Bonchev–Trinajstić information content (AvgIpc) is 2.62. The Hall–Kier alpha value is -1.10. The van der Waals surface area contributed by atoms with E-state index in [1.54, 1.807) is 0 Å². The summed E-state index contributed by atoms with van der Waals surface area (Å²) >= 11 is 0. The predicted molar refractivity (Wildman–Crippen MR) is 105 cm³/mol. The Kier molecular flexibility index (Phi) is 10.8. The number of rotatable bonds is 10. The molecule has 0 saturated heterocycles. The summed E-state index contributed by atoms with van der Waals surface area (Å²) in [4.78, 5) is 12.1. The van der Waals surface area contributed by atoms with Crippen molar-refractivity contribution in [2.24, 2.45) is 11.1 Å². The summed E-state index contributed by atoms with van der Waals surface area (Å²) < 4.78 is 5.64. The number of halogens is 1. The summed E-state index contributed by atoms with van der Waals surface area (Å²) in [6.07, 6.45) is 8.27. The van der Waals surface area contributed by atoms with Crippen LogP contribution in [0.3, 0.4) is 0 Å². The number of hydrogen-bond acceptors (Lipinski definition) is 3. The summed E-state index contributed by atoms with van der Waals surface area (Å²) in [7, 11) is 0. The number of carbonyl (C=O) groups is 1. The quantitative estimate of drug-likeness (QED) is 0.621. The predicted octanol–water partition coefficient (Wildman–Crippen LogP) is 3.47. The fourth-order valence-corrected chi connectivity index (χ4v) is 3.50. The number of amides is 1. The molecule has 0 radical (unpaired) electrons. The fourth-order valence-electron chi connectivity index (χ4n) is 3.50. The largest absolute Gasteiger partial charge is 0.381 e. The Morgan fingerprint density at radius 2 is 1.84 bits per heavy atom. The number of benzene rings is 1. The van der Waals surface area contributed by atoms with E-state index in [-0.39, 0.29) is 23.7 Å². The first-order chi connectivity index (χ1) is 11.7. The monoisotopic (exact) mass is 368 g/mol. The van der Waals surface area contributed by atoms with E-state index in [2.05, 4.69) is 17.4 Å². The Morgan fingerprint density at radius 1 is 1.12 bits per heavy atom. The van der Waals surface area contributed by atoms with E-state index in [1.165, 1.54) is 24.8 Å². The Bertz CT molecular complexity index is 476. The van der Waals surface area contributed by atoms with E-state index < -0.39 is 0 Å². The fraction of sp³-hybridized carbons (Fsp3) is 0.650. The van der Waals surface area contributed by atoms with Crippen LogP contribution in [-0.4, -0.2) is 32.2 Å². The molecule has 0 unspecified atom stereocenters. The van der Waals surface area contributed by atoms with Crippen LogP contribution >= 0.6 is 12.4 Å². The molecule has 1 saturated carbocycles. The van der Waals surface area contributed by atoms with Gasteiger partial charge in [0.1, 0.15) is 0 Å². The van der Waals surface area contributed by atoms with Crippen molar-refractivity contribution >= 4 is 18.3 Å². The maximum atomic E-state index is 12.1. The minimum Gasteiger partial charge on any atom is -0.381 e. The molecule has 4 nitrogen and oxygen atoms in total. The number of hydrogen-bond donors (Lipinski definition) is 2. The number of nitrogens with two attached hydrogens (primary N) is 1. The van der Waals surface area contributed by atoms with Gasteiger partial charge in [0.2, 0.25) is 5.91 Å². The van der Waals surface area contributed by atoms with E-state index in [4.69, 9.17) is 10.5 Å². The van der Waals surface area contributed by atoms with Gasteiger partial charge in [0.05, 0.1) is 6.61 Å². The zero-order chi connectivity index (χ0) is 17.1. The zero-order valence-electron chi connectivity index (χ0n) is 15.2. The van der Waals surface area contributed by atoms with Crippen LogP contribution in [0.1, 0.15) is 50.5 Å². The van der Waals surface area contributed by atoms with Crippen molar-refractivity contribution in [3.63, 3.8) is 0 Å². The van der Waals surface area contributed by atoms with E-state index >= 15 is 0 Å². The molecule has 0 spiro atoms. The number of carbonyl (C=O) groups excluding carboxylic acids is 1. The molecule has 25 heavy (non-hydrogen) atoms. The molecule has 1 amide bonds. The van der Waals surface area contributed by atoms with Crippen molar-refractivity contribution in [3.05, 3.63) is 35.9 Å². The molecular formula is C20H33ClN2O2. The Labute approximate surface area is 158 Å². The van der Waals surface area contributed by atoms with Gasteiger partial charge in [0.15, 0.2) is 0 Å². The van der Waals surface area contributed by atoms with Crippen molar-refractivity contribution < 1.29 is 9.53 Å². The van der Waals surface area contributed by atoms with Gasteiger partial charge in [0.25, 0.3) is 0 Å². The highest BCUT2D eigenvalue weighted by Gasteiger charge is 2.32. The summed E-state index contributed by atoms with van der Waals surface area (Å²) in [6, 6.07) is 10.3. The third-order valence-electron chi connectivity index (χ3n) is 5.05. The third kappa shape index (κ3) is 8.21. The average molecular weight is 369 g/mol. The van der Waals surface area contributed by atoms with Crippen LogP contribution in [0.2, 0.25) is 0 Å². The van der Waals surface area contributed by atoms with Gasteiger partial charge in [-0.1, -0.05) is 49.6 Å². The molecule has 5 heteroatoms. The van der Waals surface area contributed by atoms with Crippen molar-refractivity contribution in [1.82, 2.24) is 5.32 Å². The lowest BCUT2D eigenvalue weighted by Gasteiger charge is -2.35. The minimum absolute atomic E-state index is 0. The summed E-state index contributed by atoms with van der Waals surface area (Å²) in [6.45, 7) is 2.73. The van der Waals surface area contributed by atoms with Gasteiger partial charge < -0.3 is 15.8 Å². The second kappa shape index (κ2) is 12.3. The van der Waals surface area contributed by atoms with Gasteiger partial charge in [0, 0.05) is 19.6 Å². The first kappa shape index (κ1) is 21.9. The van der Waals surface area contributed by atoms with Gasteiger partial charge >= 0.3 is 0 Å². The van der Waals surface area contributed by atoms with Crippen LogP contribution in [0.15, 0.2) is 30.3 Å². The second-order valence-corrected chi connectivity index (χ2v) is 6.99.